The molecular weight excluding hydrogens is 370 g/mol. The fourth-order valence-electron chi connectivity index (χ4n) is 2.65. The molecule has 0 aromatic heterocycles. The number of alkyl carbamates (subject to hydrolysis) is 1. The number of para-hydroxylation sites is 1. The first-order chi connectivity index (χ1) is 13.7. The van der Waals surface area contributed by atoms with Crippen LogP contribution in [0.2, 0.25) is 0 Å². The Hall–Kier alpha value is -3.35. The summed E-state index contributed by atoms with van der Waals surface area (Å²) in [5, 5.41) is 7.92. The van der Waals surface area contributed by atoms with Crippen LogP contribution in [0.5, 0.6) is 0 Å². The number of anilines is 1. The van der Waals surface area contributed by atoms with Crippen LogP contribution in [0.4, 0.5) is 10.5 Å². The number of carbonyl (C=O) groups is 3. The molecule has 0 aliphatic carbocycles. The fraction of sp³-hybridized carbons (Fsp3) is 0.318. The van der Waals surface area contributed by atoms with E-state index in [0.717, 1.165) is 5.56 Å². The number of benzene rings is 2. The van der Waals surface area contributed by atoms with Crippen molar-refractivity contribution in [2.45, 2.75) is 38.8 Å². The minimum atomic E-state index is -0.884. The summed E-state index contributed by atoms with van der Waals surface area (Å²) in [5.74, 6) is -0.767. The zero-order valence-electron chi connectivity index (χ0n) is 17.1. The van der Waals surface area contributed by atoms with Crippen LogP contribution >= 0.6 is 0 Å². The van der Waals surface area contributed by atoms with Crippen molar-refractivity contribution in [3.63, 3.8) is 0 Å². The molecule has 0 aliphatic heterocycles. The Morgan fingerprint density at radius 1 is 0.966 bits per heavy atom. The molecule has 0 saturated heterocycles. The molecule has 2 aromatic carbocycles. The van der Waals surface area contributed by atoms with Crippen LogP contribution in [-0.4, -0.2) is 36.6 Å². The topological polar surface area (TPSA) is 96.5 Å². The second-order valence-electron chi connectivity index (χ2n) is 7.50. The minimum Gasteiger partial charge on any atom is -0.444 e. The molecular formula is C22H27N3O4. The lowest BCUT2D eigenvalue weighted by molar-refractivity contribution is -0.118. The van der Waals surface area contributed by atoms with Gasteiger partial charge in [0, 0.05) is 13.5 Å². The third-order valence-electron chi connectivity index (χ3n) is 3.95. The number of carbonyl (C=O) groups excluding carboxylic acids is 3. The minimum absolute atomic E-state index is 0.272. The fourth-order valence-corrected chi connectivity index (χ4v) is 2.65. The maximum Gasteiger partial charge on any atom is 0.408 e. The highest BCUT2D eigenvalue weighted by Crippen LogP contribution is 2.16. The van der Waals surface area contributed by atoms with Gasteiger partial charge in [0.25, 0.3) is 5.91 Å². The van der Waals surface area contributed by atoms with Gasteiger partial charge < -0.3 is 20.7 Å². The number of hydrogen-bond donors (Lipinski definition) is 3. The van der Waals surface area contributed by atoms with Crippen molar-refractivity contribution in [2.75, 3.05) is 12.4 Å². The van der Waals surface area contributed by atoms with Crippen molar-refractivity contribution in [2.24, 2.45) is 0 Å². The van der Waals surface area contributed by atoms with E-state index in [0.29, 0.717) is 11.3 Å². The predicted octanol–water partition coefficient (Wildman–Crippen LogP) is 3.12. The van der Waals surface area contributed by atoms with Gasteiger partial charge in [0.15, 0.2) is 0 Å². The molecule has 29 heavy (non-hydrogen) atoms. The van der Waals surface area contributed by atoms with Crippen molar-refractivity contribution in [1.29, 1.82) is 0 Å². The summed E-state index contributed by atoms with van der Waals surface area (Å²) in [6, 6.07) is 15.1. The van der Waals surface area contributed by atoms with Gasteiger partial charge in [0.05, 0.1) is 11.3 Å². The Labute approximate surface area is 170 Å². The molecule has 0 spiro atoms. The summed E-state index contributed by atoms with van der Waals surface area (Å²) in [6.45, 7) is 5.25. The monoisotopic (exact) mass is 397 g/mol. The second kappa shape index (κ2) is 9.73. The molecule has 0 fully saturated rings. The molecule has 0 aliphatic rings. The standard InChI is InChI=1S/C22H27N3O4/c1-22(2,3)29-21(28)25-18(14-15-10-6-5-7-11-15)20(27)24-17-13-9-8-12-16(17)19(26)23-4/h5-13,18H,14H2,1-4H3,(H,23,26)(H,24,27)(H,25,28). The van der Waals surface area contributed by atoms with E-state index in [1.165, 1.54) is 7.05 Å². The lowest BCUT2D eigenvalue weighted by atomic mass is 10.0. The van der Waals surface area contributed by atoms with Crippen molar-refractivity contribution < 1.29 is 19.1 Å². The van der Waals surface area contributed by atoms with Gasteiger partial charge in [0.1, 0.15) is 11.6 Å². The normalized spacial score (nSPS) is 11.9. The van der Waals surface area contributed by atoms with E-state index in [1.807, 2.05) is 30.3 Å². The number of nitrogens with one attached hydrogen (secondary N) is 3. The maximum absolute atomic E-state index is 13.0. The SMILES string of the molecule is CNC(=O)c1ccccc1NC(=O)C(Cc1ccccc1)NC(=O)OC(C)(C)C. The Morgan fingerprint density at radius 3 is 2.21 bits per heavy atom. The zero-order chi connectivity index (χ0) is 21.4. The molecule has 0 saturated carbocycles. The number of ether oxygens (including phenoxy) is 1. The number of amides is 3. The predicted molar refractivity (Wildman–Crippen MR) is 112 cm³/mol. The Balaban J connectivity index is 2.22. The molecule has 2 aromatic rings. The largest absolute Gasteiger partial charge is 0.444 e. The Bertz CT molecular complexity index is 860. The van der Waals surface area contributed by atoms with E-state index in [1.54, 1.807) is 45.0 Å². The van der Waals surface area contributed by atoms with Crippen LogP contribution in [0.15, 0.2) is 54.6 Å². The van der Waals surface area contributed by atoms with Crippen LogP contribution in [0, 0.1) is 0 Å². The van der Waals surface area contributed by atoms with Gasteiger partial charge in [-0.1, -0.05) is 42.5 Å². The molecule has 3 N–H and O–H groups in total. The summed E-state index contributed by atoms with van der Waals surface area (Å²) < 4.78 is 5.29. The van der Waals surface area contributed by atoms with E-state index in [2.05, 4.69) is 16.0 Å². The second-order valence-corrected chi connectivity index (χ2v) is 7.50. The molecule has 0 bridgehead atoms. The summed E-state index contributed by atoms with van der Waals surface area (Å²) in [6.07, 6.45) is -0.415. The van der Waals surface area contributed by atoms with Gasteiger partial charge in [-0.2, -0.15) is 0 Å². The molecule has 154 valence electrons. The third kappa shape index (κ3) is 6.95. The molecule has 7 nitrogen and oxygen atoms in total. The molecule has 3 amide bonds. The summed E-state index contributed by atoms with van der Waals surface area (Å²) in [4.78, 5) is 37.3. The maximum atomic E-state index is 13.0. The molecule has 7 heteroatoms. The van der Waals surface area contributed by atoms with Gasteiger partial charge in [-0.05, 0) is 38.5 Å². The number of hydrogen-bond acceptors (Lipinski definition) is 4. The van der Waals surface area contributed by atoms with Gasteiger partial charge in [-0.15, -0.1) is 0 Å². The lowest BCUT2D eigenvalue weighted by Crippen LogP contribution is -2.47. The van der Waals surface area contributed by atoms with E-state index in [9.17, 15) is 14.4 Å². The van der Waals surface area contributed by atoms with Crippen LogP contribution in [0.25, 0.3) is 0 Å². The summed E-state index contributed by atoms with van der Waals surface area (Å²) in [5.41, 5.74) is 0.882. The van der Waals surface area contributed by atoms with Gasteiger partial charge in [-0.25, -0.2) is 4.79 Å². The highest BCUT2D eigenvalue weighted by Gasteiger charge is 2.25. The zero-order valence-corrected chi connectivity index (χ0v) is 17.1. The van der Waals surface area contributed by atoms with Crippen molar-refractivity contribution in [1.82, 2.24) is 10.6 Å². The van der Waals surface area contributed by atoms with Crippen LogP contribution in [-0.2, 0) is 16.0 Å². The first kappa shape index (κ1) is 21.9. The van der Waals surface area contributed by atoms with Crippen LogP contribution in [0.3, 0.4) is 0 Å². The quantitative estimate of drug-likeness (QED) is 0.698. The summed E-state index contributed by atoms with van der Waals surface area (Å²) >= 11 is 0. The molecule has 1 unspecified atom stereocenters. The molecule has 2 rings (SSSR count). The highest BCUT2D eigenvalue weighted by atomic mass is 16.6. The first-order valence-corrected chi connectivity index (χ1v) is 9.35. The van der Waals surface area contributed by atoms with Gasteiger partial charge in [-0.3, -0.25) is 9.59 Å². The average Bonchev–Trinajstić information content (AvgIpc) is 2.66. The summed E-state index contributed by atoms with van der Waals surface area (Å²) in [7, 11) is 1.52. The molecule has 1 atom stereocenters. The molecule has 0 radical (unpaired) electrons. The third-order valence-corrected chi connectivity index (χ3v) is 3.95. The number of rotatable bonds is 6. The highest BCUT2D eigenvalue weighted by molar-refractivity contribution is 6.05. The van der Waals surface area contributed by atoms with E-state index >= 15 is 0 Å². The lowest BCUT2D eigenvalue weighted by Gasteiger charge is -2.23. The van der Waals surface area contributed by atoms with Gasteiger partial charge in [0.2, 0.25) is 5.91 Å². The Kier molecular flexibility index (Phi) is 7.36. The van der Waals surface area contributed by atoms with E-state index in [4.69, 9.17) is 4.74 Å². The van der Waals surface area contributed by atoms with E-state index in [-0.39, 0.29) is 12.3 Å². The smallest absolute Gasteiger partial charge is 0.408 e. The van der Waals surface area contributed by atoms with Crippen LogP contribution < -0.4 is 16.0 Å². The van der Waals surface area contributed by atoms with Crippen molar-refractivity contribution >= 4 is 23.6 Å². The van der Waals surface area contributed by atoms with Crippen molar-refractivity contribution in [3.8, 4) is 0 Å². The first-order valence-electron chi connectivity index (χ1n) is 9.35. The van der Waals surface area contributed by atoms with Crippen molar-refractivity contribution in [3.05, 3.63) is 65.7 Å². The Morgan fingerprint density at radius 2 is 1.59 bits per heavy atom. The van der Waals surface area contributed by atoms with Gasteiger partial charge >= 0.3 is 6.09 Å². The van der Waals surface area contributed by atoms with Crippen LogP contribution in [0.1, 0.15) is 36.7 Å². The van der Waals surface area contributed by atoms with E-state index < -0.39 is 23.6 Å². The average molecular weight is 397 g/mol. The molecule has 0 heterocycles.